The Morgan fingerprint density at radius 1 is 1.08 bits per heavy atom. The number of sulfonamides is 1. The zero-order valence-electron chi connectivity index (χ0n) is 19.7. The van der Waals surface area contributed by atoms with E-state index >= 15 is 0 Å². The van der Waals surface area contributed by atoms with Crippen molar-refractivity contribution in [1.82, 2.24) is 4.90 Å². The first-order valence-corrected chi connectivity index (χ1v) is 15.5. The highest BCUT2D eigenvalue weighted by Gasteiger charge is 2.43. The van der Waals surface area contributed by atoms with Gasteiger partial charge in [0.1, 0.15) is 15.0 Å². The first-order valence-electron chi connectivity index (χ1n) is 11.6. The number of sulfone groups is 1. The predicted molar refractivity (Wildman–Crippen MR) is 137 cm³/mol. The molecule has 1 aliphatic heterocycles. The lowest BCUT2D eigenvalue weighted by atomic mass is 9.98. The SMILES string of the molecule is CCN(C(=O)OCC1c2ccccc2-c2ccccc21)[C@H]1CC(C)S(=O)(=O)c2sc(S(N)(=O)=O)cc21. The first-order chi connectivity index (χ1) is 17.0. The molecule has 0 radical (unpaired) electrons. The van der Waals surface area contributed by atoms with Crippen LogP contribution in [-0.4, -0.2) is 46.2 Å². The number of fused-ring (bicyclic) bond motifs is 4. The van der Waals surface area contributed by atoms with Crippen LogP contribution in [0.15, 0.2) is 63.0 Å². The van der Waals surface area contributed by atoms with Crippen molar-refractivity contribution >= 4 is 37.3 Å². The van der Waals surface area contributed by atoms with E-state index in [1.54, 1.807) is 13.8 Å². The maximum Gasteiger partial charge on any atom is 0.410 e. The third-order valence-corrected chi connectivity index (χ3v) is 12.3. The second-order valence-electron chi connectivity index (χ2n) is 9.05. The molecule has 2 N–H and O–H groups in total. The number of primary sulfonamides is 1. The maximum absolute atomic E-state index is 13.4. The van der Waals surface area contributed by atoms with Crippen LogP contribution in [0.25, 0.3) is 11.1 Å². The van der Waals surface area contributed by atoms with E-state index in [0.29, 0.717) is 11.3 Å². The third-order valence-electron chi connectivity index (χ3n) is 6.97. The minimum atomic E-state index is -4.10. The number of benzene rings is 2. The van der Waals surface area contributed by atoms with Gasteiger partial charge in [-0.3, -0.25) is 0 Å². The van der Waals surface area contributed by atoms with Crippen LogP contribution >= 0.6 is 11.3 Å². The van der Waals surface area contributed by atoms with Crippen molar-refractivity contribution in [1.29, 1.82) is 0 Å². The number of carbonyl (C=O) groups excluding carboxylic acids is 1. The van der Waals surface area contributed by atoms with Gasteiger partial charge in [0.05, 0.1) is 11.3 Å². The number of nitrogens with two attached hydrogens (primary N) is 1. The van der Waals surface area contributed by atoms with E-state index in [0.717, 1.165) is 22.3 Å². The van der Waals surface area contributed by atoms with Crippen molar-refractivity contribution in [2.45, 2.75) is 45.9 Å². The van der Waals surface area contributed by atoms with Crippen molar-refractivity contribution < 1.29 is 26.4 Å². The summed E-state index contributed by atoms with van der Waals surface area (Å²) in [5, 5.41) is 4.49. The molecule has 5 rings (SSSR count). The minimum Gasteiger partial charge on any atom is -0.448 e. The highest BCUT2D eigenvalue weighted by Crippen LogP contribution is 2.46. The second kappa shape index (κ2) is 8.98. The molecule has 1 unspecified atom stereocenters. The molecule has 8 nitrogen and oxygen atoms in total. The monoisotopic (exact) mass is 546 g/mol. The Morgan fingerprint density at radius 2 is 1.67 bits per heavy atom. The van der Waals surface area contributed by atoms with Crippen molar-refractivity contribution in [3.8, 4) is 11.1 Å². The first kappa shape index (κ1) is 24.9. The standard InChI is InChI=1S/C25H26N2O6S3/c1-3-27(22-12-15(2)35(29,30)24-20(22)13-23(34-24)36(26,31)32)25(28)33-14-21-18-10-6-4-8-16(18)17-9-5-7-11-19(17)21/h4-11,13,15,21-22H,3,12,14H2,1-2H3,(H2,26,31,32)/t15?,22-/m0/s1. The van der Waals surface area contributed by atoms with Gasteiger partial charge in [0.2, 0.25) is 10.0 Å². The van der Waals surface area contributed by atoms with Gasteiger partial charge in [-0.05, 0) is 48.6 Å². The van der Waals surface area contributed by atoms with Crippen LogP contribution in [0.2, 0.25) is 0 Å². The summed E-state index contributed by atoms with van der Waals surface area (Å²) in [6, 6.07) is 16.7. The Kier molecular flexibility index (Phi) is 6.22. The highest BCUT2D eigenvalue weighted by atomic mass is 32.3. The fraction of sp³-hybridized carbons (Fsp3) is 0.320. The Bertz CT molecular complexity index is 1520. The minimum absolute atomic E-state index is 0.0554. The smallest absolute Gasteiger partial charge is 0.410 e. The molecule has 0 fully saturated rings. The number of nitrogens with zero attached hydrogens (tertiary/aromatic N) is 1. The lowest BCUT2D eigenvalue weighted by Crippen LogP contribution is -2.40. The van der Waals surface area contributed by atoms with E-state index in [-0.39, 0.29) is 39.5 Å². The number of hydrogen-bond acceptors (Lipinski definition) is 7. The Morgan fingerprint density at radius 3 is 2.22 bits per heavy atom. The molecule has 1 amide bonds. The van der Waals surface area contributed by atoms with Gasteiger partial charge < -0.3 is 9.64 Å². The fourth-order valence-corrected chi connectivity index (χ4v) is 9.56. The quantitative estimate of drug-likeness (QED) is 0.510. The molecule has 11 heteroatoms. The van der Waals surface area contributed by atoms with Gasteiger partial charge in [0.25, 0.3) is 0 Å². The van der Waals surface area contributed by atoms with Crippen molar-refractivity contribution in [3.05, 3.63) is 71.3 Å². The summed E-state index contributed by atoms with van der Waals surface area (Å²) in [6.45, 7) is 3.73. The summed E-state index contributed by atoms with van der Waals surface area (Å²) in [4.78, 5) is 14.8. The molecule has 2 heterocycles. The van der Waals surface area contributed by atoms with E-state index in [4.69, 9.17) is 9.88 Å². The van der Waals surface area contributed by atoms with Gasteiger partial charge >= 0.3 is 6.09 Å². The number of rotatable bonds is 5. The molecular formula is C25H26N2O6S3. The lowest BCUT2D eigenvalue weighted by molar-refractivity contribution is 0.0828. The van der Waals surface area contributed by atoms with Crippen LogP contribution in [0.4, 0.5) is 4.79 Å². The average molecular weight is 547 g/mol. The average Bonchev–Trinajstić information content (AvgIpc) is 3.43. The lowest BCUT2D eigenvalue weighted by Gasteiger charge is -2.35. The van der Waals surface area contributed by atoms with Crippen LogP contribution in [-0.2, 0) is 24.6 Å². The zero-order chi connectivity index (χ0) is 25.8. The summed E-state index contributed by atoms with van der Waals surface area (Å²) in [5.74, 6) is -0.114. The van der Waals surface area contributed by atoms with Crippen molar-refractivity contribution in [2.24, 2.45) is 5.14 Å². The van der Waals surface area contributed by atoms with Crippen LogP contribution in [0, 0.1) is 0 Å². The summed E-state index contributed by atoms with van der Waals surface area (Å²) in [7, 11) is -7.83. The van der Waals surface area contributed by atoms with E-state index in [9.17, 15) is 21.6 Å². The molecule has 2 aromatic carbocycles. The Labute approximate surface area is 214 Å². The molecule has 0 saturated carbocycles. The Balaban J connectivity index is 1.44. The van der Waals surface area contributed by atoms with Crippen molar-refractivity contribution in [3.63, 3.8) is 0 Å². The van der Waals surface area contributed by atoms with Gasteiger partial charge in [-0.2, -0.15) is 0 Å². The summed E-state index contributed by atoms with van der Waals surface area (Å²) >= 11 is 0.635. The van der Waals surface area contributed by atoms with E-state index in [2.05, 4.69) is 12.1 Å². The van der Waals surface area contributed by atoms with Gasteiger partial charge in [-0.25, -0.2) is 26.8 Å². The van der Waals surface area contributed by atoms with Gasteiger partial charge in [0.15, 0.2) is 9.84 Å². The van der Waals surface area contributed by atoms with Gasteiger partial charge in [-0.15, -0.1) is 11.3 Å². The molecular weight excluding hydrogens is 520 g/mol. The molecule has 0 spiro atoms. The number of ether oxygens (including phenoxy) is 1. The third kappa shape index (κ3) is 4.03. The molecule has 0 bridgehead atoms. The number of carbonyl (C=O) groups is 1. The molecule has 2 aliphatic rings. The van der Waals surface area contributed by atoms with E-state index in [1.165, 1.54) is 11.0 Å². The van der Waals surface area contributed by atoms with Crippen LogP contribution < -0.4 is 5.14 Å². The number of thiophene rings is 1. The van der Waals surface area contributed by atoms with Crippen molar-refractivity contribution in [2.75, 3.05) is 13.2 Å². The van der Waals surface area contributed by atoms with Crippen LogP contribution in [0.5, 0.6) is 0 Å². The van der Waals surface area contributed by atoms with Gasteiger partial charge in [-0.1, -0.05) is 48.5 Å². The Hall–Kier alpha value is -2.73. The number of hydrogen-bond donors (Lipinski definition) is 1. The normalized spacial score (nSPS) is 20.3. The highest BCUT2D eigenvalue weighted by molar-refractivity contribution is 7.95. The molecule has 1 aromatic heterocycles. The molecule has 2 atom stereocenters. The maximum atomic E-state index is 13.4. The second-order valence-corrected chi connectivity index (χ2v) is 14.5. The molecule has 36 heavy (non-hydrogen) atoms. The summed E-state index contributed by atoms with van der Waals surface area (Å²) in [5.41, 5.74) is 4.68. The molecule has 190 valence electrons. The predicted octanol–water partition coefficient (Wildman–Crippen LogP) is 4.27. The summed E-state index contributed by atoms with van der Waals surface area (Å²) in [6.07, 6.45) is -0.445. The van der Waals surface area contributed by atoms with E-state index in [1.807, 2.05) is 36.4 Å². The topological polar surface area (TPSA) is 124 Å². The van der Waals surface area contributed by atoms with Crippen LogP contribution in [0.3, 0.4) is 0 Å². The molecule has 0 saturated heterocycles. The molecule has 1 aliphatic carbocycles. The largest absolute Gasteiger partial charge is 0.448 e. The van der Waals surface area contributed by atoms with Crippen LogP contribution in [0.1, 0.15) is 48.9 Å². The number of amides is 1. The fourth-order valence-electron chi connectivity index (χ4n) is 5.16. The summed E-state index contributed by atoms with van der Waals surface area (Å²) < 4.78 is 55.3. The molecule has 3 aromatic rings. The van der Waals surface area contributed by atoms with Gasteiger partial charge in [0, 0.05) is 18.0 Å². The van der Waals surface area contributed by atoms with E-state index < -0.39 is 37.2 Å². The zero-order valence-corrected chi connectivity index (χ0v) is 22.2.